The fraction of sp³-hybridized carbons (Fsp3) is 0.400. The number of hydrogen-bond acceptors (Lipinski definition) is 15. The lowest BCUT2D eigenvalue weighted by atomic mass is 10.2. The minimum Gasteiger partial charge on any atom is -0.480 e. The van der Waals surface area contributed by atoms with Crippen molar-refractivity contribution in [1.29, 1.82) is 0 Å². The molecular weight excluding hydrogens is 684 g/mol. The van der Waals surface area contributed by atoms with E-state index in [9.17, 15) is 32.7 Å². The summed E-state index contributed by atoms with van der Waals surface area (Å²) in [6, 6.07) is 12.5. The van der Waals surface area contributed by atoms with E-state index in [4.69, 9.17) is 24.1 Å². The lowest BCUT2D eigenvalue weighted by Gasteiger charge is -2.31. The summed E-state index contributed by atoms with van der Waals surface area (Å²) >= 11 is 0.543. The molecule has 0 saturated heterocycles. The highest BCUT2D eigenvalue weighted by Crippen LogP contribution is 2.32. The Hall–Kier alpha value is -5.01. The summed E-state index contributed by atoms with van der Waals surface area (Å²) in [5, 5.41) is 24.3. The minimum atomic E-state index is -4.16. The van der Waals surface area contributed by atoms with E-state index in [0.29, 0.717) is 11.3 Å². The van der Waals surface area contributed by atoms with E-state index in [1.807, 2.05) is 0 Å². The SMILES string of the molecule is CC(C)(C)OC(=O)Oc1ccccc1N(CCN(CC(=O)Nc1nnc(S(N)(=O)=O)s1)c1ccccc1OC(=O)OC(C)(C)C)CC(=O)O. The molecule has 49 heavy (non-hydrogen) atoms. The Morgan fingerprint density at radius 2 is 1.24 bits per heavy atom. The number of carboxylic acid groups (broad SMARTS) is 1. The summed E-state index contributed by atoms with van der Waals surface area (Å²) in [4.78, 5) is 53.2. The molecule has 1 aromatic heterocycles. The van der Waals surface area contributed by atoms with Crippen LogP contribution in [0.2, 0.25) is 0 Å². The van der Waals surface area contributed by atoms with Crippen molar-refractivity contribution in [2.45, 2.75) is 57.1 Å². The maximum atomic E-state index is 13.3. The van der Waals surface area contributed by atoms with Gasteiger partial charge in [0.05, 0.1) is 17.9 Å². The Kier molecular flexibility index (Phi) is 12.5. The molecule has 0 spiro atoms. The Bertz CT molecular complexity index is 1770. The number of amides is 1. The Balaban J connectivity index is 1.95. The molecule has 0 atom stereocenters. The van der Waals surface area contributed by atoms with Crippen LogP contribution in [-0.4, -0.2) is 85.3 Å². The van der Waals surface area contributed by atoms with E-state index in [0.717, 1.165) is 0 Å². The number of nitrogens with zero attached hydrogens (tertiary/aromatic N) is 4. The highest BCUT2D eigenvalue weighted by Gasteiger charge is 2.26. The van der Waals surface area contributed by atoms with Crippen molar-refractivity contribution in [1.82, 2.24) is 10.2 Å². The van der Waals surface area contributed by atoms with Crippen LogP contribution >= 0.6 is 11.3 Å². The molecule has 0 radical (unpaired) electrons. The summed E-state index contributed by atoms with van der Waals surface area (Å²) in [7, 11) is -4.16. The number of para-hydroxylation sites is 4. The molecule has 0 aliphatic rings. The molecule has 0 unspecified atom stereocenters. The molecule has 0 bridgehead atoms. The topological polar surface area (TPSA) is 230 Å². The number of ether oxygens (including phenoxy) is 4. The number of benzene rings is 2. The van der Waals surface area contributed by atoms with Gasteiger partial charge < -0.3 is 33.9 Å². The van der Waals surface area contributed by atoms with Crippen molar-refractivity contribution in [3.05, 3.63) is 48.5 Å². The van der Waals surface area contributed by atoms with Gasteiger partial charge in [-0.15, -0.1) is 10.2 Å². The van der Waals surface area contributed by atoms with Crippen LogP contribution in [0.5, 0.6) is 11.5 Å². The first-order chi connectivity index (χ1) is 22.7. The summed E-state index contributed by atoms with van der Waals surface area (Å²) in [5.74, 6) is -1.83. The average molecular weight is 723 g/mol. The molecular formula is C30H38N6O11S2. The summed E-state index contributed by atoms with van der Waals surface area (Å²) in [5.41, 5.74) is -1.23. The second-order valence-electron chi connectivity index (χ2n) is 12.3. The maximum Gasteiger partial charge on any atom is 0.514 e. The van der Waals surface area contributed by atoms with Gasteiger partial charge in [0.2, 0.25) is 15.4 Å². The van der Waals surface area contributed by atoms with Gasteiger partial charge >= 0.3 is 18.3 Å². The highest BCUT2D eigenvalue weighted by molar-refractivity contribution is 7.91. The average Bonchev–Trinajstić information content (AvgIpc) is 3.42. The van der Waals surface area contributed by atoms with E-state index in [1.54, 1.807) is 77.9 Å². The lowest BCUT2D eigenvalue weighted by Crippen LogP contribution is -2.41. The number of sulfonamides is 1. The third-order valence-electron chi connectivity index (χ3n) is 5.77. The molecule has 3 rings (SSSR count). The number of rotatable bonds is 13. The zero-order valence-electron chi connectivity index (χ0n) is 27.7. The fourth-order valence-electron chi connectivity index (χ4n) is 4.01. The molecule has 2 aromatic carbocycles. The van der Waals surface area contributed by atoms with Crippen LogP contribution < -0.4 is 29.7 Å². The highest BCUT2D eigenvalue weighted by atomic mass is 32.2. The molecule has 0 saturated carbocycles. The van der Waals surface area contributed by atoms with Crippen LogP contribution in [-0.2, 0) is 29.1 Å². The third-order valence-corrected chi connectivity index (χ3v) is 7.92. The van der Waals surface area contributed by atoms with Crippen molar-refractivity contribution >= 4 is 62.1 Å². The van der Waals surface area contributed by atoms with Crippen LogP contribution in [0.1, 0.15) is 41.5 Å². The van der Waals surface area contributed by atoms with Crippen molar-refractivity contribution < 1.29 is 51.6 Å². The maximum absolute atomic E-state index is 13.3. The van der Waals surface area contributed by atoms with Gasteiger partial charge in [-0.05, 0) is 65.8 Å². The van der Waals surface area contributed by atoms with Gasteiger partial charge in [-0.1, -0.05) is 35.6 Å². The Morgan fingerprint density at radius 3 is 1.65 bits per heavy atom. The van der Waals surface area contributed by atoms with Crippen LogP contribution in [0, 0.1) is 0 Å². The first kappa shape index (κ1) is 38.4. The summed E-state index contributed by atoms with van der Waals surface area (Å²) < 4.78 is 44.2. The number of hydrogen-bond donors (Lipinski definition) is 3. The Morgan fingerprint density at radius 1 is 0.796 bits per heavy atom. The molecule has 0 aliphatic heterocycles. The molecule has 1 amide bonds. The van der Waals surface area contributed by atoms with E-state index < -0.39 is 62.8 Å². The monoisotopic (exact) mass is 722 g/mol. The molecule has 266 valence electrons. The fourth-order valence-corrected chi connectivity index (χ4v) is 5.36. The summed E-state index contributed by atoms with van der Waals surface area (Å²) in [6.45, 7) is 8.88. The second kappa shape index (κ2) is 15.9. The molecule has 19 heteroatoms. The quantitative estimate of drug-likeness (QED) is 0.129. The normalized spacial score (nSPS) is 11.7. The molecule has 1 heterocycles. The second-order valence-corrected chi connectivity index (χ2v) is 15.0. The van der Waals surface area contributed by atoms with E-state index in [1.165, 1.54) is 21.9 Å². The number of nitrogens with one attached hydrogen (secondary N) is 1. The minimum absolute atomic E-state index is 0.0235. The van der Waals surface area contributed by atoms with Crippen LogP contribution in [0.4, 0.5) is 26.1 Å². The predicted octanol–water partition coefficient (Wildman–Crippen LogP) is 3.85. The van der Waals surface area contributed by atoms with Gasteiger partial charge in [-0.25, -0.2) is 23.1 Å². The van der Waals surface area contributed by atoms with Crippen LogP contribution in [0.25, 0.3) is 0 Å². The number of primary sulfonamides is 1. The van der Waals surface area contributed by atoms with Gasteiger partial charge in [0.1, 0.15) is 17.7 Å². The van der Waals surface area contributed by atoms with Crippen molar-refractivity contribution in [3.63, 3.8) is 0 Å². The standard InChI is InChI=1S/C30H38N6O11S2/c1-29(2,3)46-27(40)44-21-13-9-7-11-19(21)35(17-23(37)32-25-33-34-26(48-25)49(31,42)43)15-16-36(18-24(38)39)20-12-8-10-14-22(20)45-28(41)47-30(4,5)6/h7-14H,15-18H2,1-6H3,(H,38,39)(H2,31,42,43)(H,32,33,37). The smallest absolute Gasteiger partial charge is 0.480 e. The van der Waals surface area contributed by atoms with Crippen molar-refractivity contribution in [3.8, 4) is 11.5 Å². The van der Waals surface area contributed by atoms with Crippen LogP contribution in [0.3, 0.4) is 0 Å². The lowest BCUT2D eigenvalue weighted by molar-refractivity contribution is -0.135. The largest absolute Gasteiger partial charge is 0.514 e. The number of aromatic nitrogens is 2. The first-order valence-electron chi connectivity index (χ1n) is 14.6. The zero-order valence-corrected chi connectivity index (χ0v) is 29.3. The van der Waals surface area contributed by atoms with Gasteiger partial charge in [0, 0.05) is 13.1 Å². The summed E-state index contributed by atoms with van der Waals surface area (Å²) in [6.07, 6.45) is -2.00. The van der Waals surface area contributed by atoms with Gasteiger partial charge in [-0.2, -0.15) is 0 Å². The zero-order chi connectivity index (χ0) is 36.6. The number of carboxylic acids is 1. The molecule has 3 aromatic rings. The van der Waals surface area contributed by atoms with E-state index in [-0.39, 0.29) is 41.1 Å². The number of carbonyl (C=O) groups is 4. The number of aliphatic carboxylic acids is 1. The van der Waals surface area contributed by atoms with Crippen molar-refractivity contribution in [2.24, 2.45) is 5.14 Å². The van der Waals surface area contributed by atoms with E-state index >= 15 is 0 Å². The van der Waals surface area contributed by atoms with E-state index in [2.05, 4.69) is 15.5 Å². The van der Waals surface area contributed by atoms with Gasteiger partial charge in [0.15, 0.2) is 11.5 Å². The third kappa shape index (κ3) is 12.8. The number of anilines is 3. The predicted molar refractivity (Wildman–Crippen MR) is 179 cm³/mol. The number of carbonyl (C=O) groups excluding carboxylic acids is 3. The molecule has 0 aliphatic carbocycles. The van der Waals surface area contributed by atoms with Gasteiger partial charge in [0.25, 0.3) is 10.0 Å². The van der Waals surface area contributed by atoms with Crippen LogP contribution in [0.15, 0.2) is 52.9 Å². The molecule has 4 N–H and O–H groups in total. The number of nitrogens with two attached hydrogens (primary N) is 1. The van der Waals surface area contributed by atoms with Gasteiger partial charge in [-0.3, -0.25) is 14.9 Å². The molecule has 17 nitrogen and oxygen atoms in total. The van der Waals surface area contributed by atoms with Crippen molar-refractivity contribution in [2.75, 3.05) is 41.3 Å². The Labute approximate surface area is 286 Å². The first-order valence-corrected chi connectivity index (χ1v) is 16.9. The molecule has 0 fully saturated rings.